The Morgan fingerprint density at radius 1 is 1.44 bits per heavy atom. The van der Waals surface area contributed by atoms with Gasteiger partial charge in [0, 0.05) is 24.5 Å². The molecule has 0 aromatic heterocycles. The van der Waals surface area contributed by atoms with Gasteiger partial charge in [0.1, 0.15) is 11.8 Å². The summed E-state index contributed by atoms with van der Waals surface area (Å²) in [5.41, 5.74) is 4.69. The molecule has 27 heavy (non-hydrogen) atoms. The number of hydrogen-bond donors (Lipinski definition) is 3. The molecule has 1 unspecified atom stereocenters. The van der Waals surface area contributed by atoms with E-state index in [0.717, 1.165) is 11.1 Å². The first kappa shape index (κ1) is 19.7. The molecule has 1 fully saturated rings. The fourth-order valence-corrected chi connectivity index (χ4v) is 3.58. The maximum atomic E-state index is 12.6. The van der Waals surface area contributed by atoms with Gasteiger partial charge in [0.25, 0.3) is 0 Å². The highest BCUT2D eigenvalue weighted by atomic mass is 35.5. The van der Waals surface area contributed by atoms with Crippen molar-refractivity contribution in [1.29, 1.82) is 0 Å². The van der Waals surface area contributed by atoms with Gasteiger partial charge in [-0.25, -0.2) is 0 Å². The van der Waals surface area contributed by atoms with E-state index in [9.17, 15) is 14.7 Å². The van der Waals surface area contributed by atoms with Crippen LogP contribution >= 0.6 is 11.6 Å². The van der Waals surface area contributed by atoms with Crippen LogP contribution in [0.4, 0.5) is 0 Å². The first-order chi connectivity index (χ1) is 12.8. The SMILES string of the molecule is Cc1cc(Cl)ccc1CNC(=O)[C@@H]1C[C@@H](O)CN1C(=O)CC1=CC(C)NO1. The Morgan fingerprint density at radius 3 is 2.89 bits per heavy atom. The van der Waals surface area contributed by atoms with Gasteiger partial charge in [0.15, 0.2) is 0 Å². The Kier molecular flexibility index (Phi) is 6.04. The van der Waals surface area contributed by atoms with Crippen molar-refractivity contribution in [3.8, 4) is 0 Å². The lowest BCUT2D eigenvalue weighted by Crippen LogP contribution is -2.45. The maximum absolute atomic E-state index is 12.6. The molecule has 2 aliphatic rings. The molecule has 3 atom stereocenters. The van der Waals surface area contributed by atoms with Gasteiger partial charge in [-0.3, -0.25) is 9.59 Å². The summed E-state index contributed by atoms with van der Waals surface area (Å²) >= 11 is 5.95. The van der Waals surface area contributed by atoms with Crippen molar-refractivity contribution in [2.45, 2.75) is 51.4 Å². The number of nitrogens with zero attached hydrogens (tertiary/aromatic N) is 1. The van der Waals surface area contributed by atoms with Crippen LogP contribution in [0.3, 0.4) is 0 Å². The third kappa shape index (κ3) is 4.80. The fraction of sp³-hybridized carbons (Fsp3) is 0.474. The first-order valence-electron chi connectivity index (χ1n) is 8.97. The van der Waals surface area contributed by atoms with Crippen molar-refractivity contribution < 1.29 is 19.5 Å². The number of nitrogens with one attached hydrogen (secondary N) is 2. The zero-order chi connectivity index (χ0) is 19.6. The van der Waals surface area contributed by atoms with Crippen molar-refractivity contribution in [3.05, 3.63) is 46.2 Å². The average Bonchev–Trinajstić information content (AvgIpc) is 3.19. The van der Waals surface area contributed by atoms with E-state index in [2.05, 4.69) is 10.8 Å². The van der Waals surface area contributed by atoms with Crippen LogP contribution in [0.2, 0.25) is 5.02 Å². The normalized spacial score (nSPS) is 24.5. The number of benzene rings is 1. The monoisotopic (exact) mass is 393 g/mol. The second kappa shape index (κ2) is 8.29. The number of hydroxylamine groups is 1. The Balaban J connectivity index is 1.61. The lowest BCUT2D eigenvalue weighted by Gasteiger charge is -2.24. The highest BCUT2D eigenvalue weighted by Crippen LogP contribution is 2.22. The van der Waals surface area contributed by atoms with E-state index in [0.29, 0.717) is 17.3 Å². The third-order valence-electron chi connectivity index (χ3n) is 4.80. The van der Waals surface area contributed by atoms with E-state index < -0.39 is 12.1 Å². The molecule has 0 radical (unpaired) electrons. The molecule has 0 spiro atoms. The molecule has 0 bridgehead atoms. The molecule has 2 amide bonds. The predicted molar refractivity (Wildman–Crippen MR) is 101 cm³/mol. The average molecular weight is 394 g/mol. The van der Waals surface area contributed by atoms with Gasteiger partial charge >= 0.3 is 0 Å². The first-order valence-corrected chi connectivity index (χ1v) is 9.34. The Labute approximate surface area is 163 Å². The Hall–Kier alpha value is -2.09. The molecule has 3 rings (SSSR count). The minimum Gasteiger partial charge on any atom is -0.412 e. The maximum Gasteiger partial charge on any atom is 0.243 e. The van der Waals surface area contributed by atoms with Crippen molar-refractivity contribution in [3.63, 3.8) is 0 Å². The zero-order valence-electron chi connectivity index (χ0n) is 15.4. The molecule has 1 saturated heterocycles. The summed E-state index contributed by atoms with van der Waals surface area (Å²) < 4.78 is 0. The largest absolute Gasteiger partial charge is 0.412 e. The number of hydrogen-bond acceptors (Lipinski definition) is 5. The second-order valence-corrected chi connectivity index (χ2v) is 7.49. The molecule has 0 aliphatic carbocycles. The molecule has 0 saturated carbocycles. The number of β-amino-alcohol motifs (C(OH)–C–C–N with tert-alkyl or cyclic N) is 1. The zero-order valence-corrected chi connectivity index (χ0v) is 16.1. The predicted octanol–water partition coefficient (Wildman–Crippen LogP) is 1.42. The number of halogens is 1. The van der Waals surface area contributed by atoms with Crippen molar-refractivity contribution in [2.24, 2.45) is 0 Å². The lowest BCUT2D eigenvalue weighted by atomic mass is 10.1. The molecule has 1 aromatic rings. The van der Waals surface area contributed by atoms with E-state index in [1.807, 2.05) is 32.1 Å². The summed E-state index contributed by atoms with van der Waals surface area (Å²) in [7, 11) is 0. The quantitative estimate of drug-likeness (QED) is 0.704. The highest BCUT2D eigenvalue weighted by Gasteiger charge is 2.39. The highest BCUT2D eigenvalue weighted by molar-refractivity contribution is 6.30. The number of aliphatic hydroxyl groups is 1. The van der Waals surface area contributed by atoms with Gasteiger partial charge in [-0.05, 0) is 43.2 Å². The number of aryl methyl sites for hydroxylation is 1. The van der Waals surface area contributed by atoms with Crippen LogP contribution in [0.1, 0.15) is 30.9 Å². The van der Waals surface area contributed by atoms with Crippen molar-refractivity contribution in [2.75, 3.05) is 6.54 Å². The smallest absolute Gasteiger partial charge is 0.243 e. The van der Waals surface area contributed by atoms with Gasteiger partial charge in [0.2, 0.25) is 11.8 Å². The van der Waals surface area contributed by atoms with Crippen LogP contribution in [0.15, 0.2) is 30.0 Å². The van der Waals surface area contributed by atoms with Gasteiger partial charge in [-0.1, -0.05) is 17.7 Å². The molecule has 146 valence electrons. The summed E-state index contributed by atoms with van der Waals surface area (Å²) in [4.78, 5) is 31.9. The number of carbonyl (C=O) groups excluding carboxylic acids is 2. The molecule has 2 aliphatic heterocycles. The summed E-state index contributed by atoms with van der Waals surface area (Å²) in [5, 5.41) is 13.5. The molecule has 8 heteroatoms. The Bertz CT molecular complexity index is 767. The van der Waals surface area contributed by atoms with Gasteiger partial charge < -0.3 is 20.2 Å². The summed E-state index contributed by atoms with van der Waals surface area (Å²) in [5.74, 6) is 0.0171. The number of rotatable bonds is 5. The van der Waals surface area contributed by atoms with Crippen LogP contribution in [0.25, 0.3) is 0 Å². The molecular formula is C19H24ClN3O4. The van der Waals surface area contributed by atoms with E-state index in [4.69, 9.17) is 16.4 Å². The summed E-state index contributed by atoms with van der Waals surface area (Å²) in [6.07, 6.45) is 1.40. The van der Waals surface area contributed by atoms with Gasteiger partial charge in [-0.2, -0.15) is 5.48 Å². The van der Waals surface area contributed by atoms with Crippen molar-refractivity contribution in [1.82, 2.24) is 15.7 Å². The van der Waals surface area contributed by atoms with Crippen molar-refractivity contribution >= 4 is 23.4 Å². The van der Waals surface area contributed by atoms with Gasteiger partial charge in [0.05, 0.1) is 18.6 Å². The van der Waals surface area contributed by atoms with E-state index >= 15 is 0 Å². The number of amides is 2. The number of aliphatic hydroxyl groups excluding tert-OH is 1. The minimum atomic E-state index is -0.711. The van der Waals surface area contributed by atoms with E-state index in [1.54, 1.807) is 6.07 Å². The van der Waals surface area contributed by atoms with Crippen LogP contribution in [0.5, 0.6) is 0 Å². The standard InChI is InChI=1S/C19H24ClN3O4/c1-11-5-14(20)4-3-13(11)9-21-19(26)17-7-15(24)10-23(17)18(25)8-16-6-12(2)22-27-16/h3-6,12,15,17,22,24H,7-10H2,1-2H3,(H,21,26)/t12?,15-,17+/m1/s1. The minimum absolute atomic E-state index is 0.0404. The summed E-state index contributed by atoms with van der Waals surface area (Å²) in [6.45, 7) is 4.32. The van der Waals surface area contributed by atoms with Crippen LogP contribution in [-0.4, -0.2) is 46.6 Å². The topological polar surface area (TPSA) is 90.9 Å². The molecule has 1 aromatic carbocycles. The Morgan fingerprint density at radius 2 is 2.22 bits per heavy atom. The molecule has 3 N–H and O–H groups in total. The number of likely N-dealkylation sites (tertiary alicyclic amines) is 1. The number of carbonyl (C=O) groups is 2. The second-order valence-electron chi connectivity index (χ2n) is 7.06. The fourth-order valence-electron chi connectivity index (χ4n) is 3.36. The third-order valence-corrected chi connectivity index (χ3v) is 5.03. The lowest BCUT2D eigenvalue weighted by molar-refractivity contribution is -0.138. The van der Waals surface area contributed by atoms with Crippen LogP contribution in [0, 0.1) is 6.92 Å². The van der Waals surface area contributed by atoms with Crippen LogP contribution in [-0.2, 0) is 21.0 Å². The van der Waals surface area contributed by atoms with Gasteiger partial charge in [-0.15, -0.1) is 0 Å². The van der Waals surface area contributed by atoms with Crippen LogP contribution < -0.4 is 10.8 Å². The molecular weight excluding hydrogens is 370 g/mol. The van der Waals surface area contributed by atoms with E-state index in [1.165, 1.54) is 4.90 Å². The molecule has 7 nitrogen and oxygen atoms in total. The van der Waals surface area contributed by atoms with E-state index in [-0.39, 0.29) is 37.2 Å². The molecule has 2 heterocycles. The summed E-state index contributed by atoms with van der Waals surface area (Å²) in [6, 6.07) is 4.83.